The van der Waals surface area contributed by atoms with Crippen LogP contribution in [0, 0.1) is 0 Å². The maximum absolute atomic E-state index is 11.9. The number of hydrogen-bond donors (Lipinski definition) is 2. The molecule has 7 nitrogen and oxygen atoms in total. The molecule has 3 rings (SSSR count). The van der Waals surface area contributed by atoms with Crippen LogP contribution in [-0.4, -0.2) is 79.9 Å². The van der Waals surface area contributed by atoms with Crippen LogP contribution in [0.4, 0.5) is 0 Å². The van der Waals surface area contributed by atoms with Gasteiger partial charge in [0.05, 0.1) is 7.11 Å². The molecule has 0 radical (unpaired) electrons. The van der Waals surface area contributed by atoms with Gasteiger partial charge in [-0.3, -0.25) is 4.79 Å². The zero-order valence-corrected chi connectivity index (χ0v) is 17.6. The van der Waals surface area contributed by atoms with Crippen LogP contribution >= 0.6 is 0 Å². The van der Waals surface area contributed by atoms with Crippen LogP contribution in [0.3, 0.4) is 0 Å². The highest BCUT2D eigenvalue weighted by atomic mass is 16.5. The minimum absolute atomic E-state index is 0.251. The van der Waals surface area contributed by atoms with Crippen molar-refractivity contribution in [1.82, 2.24) is 15.1 Å². The fourth-order valence-electron chi connectivity index (χ4n) is 3.99. The van der Waals surface area contributed by atoms with Crippen molar-refractivity contribution in [1.29, 1.82) is 0 Å². The molecule has 0 aliphatic carbocycles. The summed E-state index contributed by atoms with van der Waals surface area (Å²) in [6.07, 6.45) is 4.72. The summed E-state index contributed by atoms with van der Waals surface area (Å²) in [7, 11) is 1.62. The molecule has 29 heavy (non-hydrogen) atoms. The minimum Gasteiger partial charge on any atom is -0.493 e. The Morgan fingerprint density at radius 1 is 1.14 bits per heavy atom. The number of piperidine rings is 1. The Morgan fingerprint density at radius 2 is 1.93 bits per heavy atom. The maximum Gasteiger partial charge on any atom is 0.222 e. The number of likely N-dealkylation sites (tertiary alicyclic amines) is 2. The van der Waals surface area contributed by atoms with Gasteiger partial charge in [0.25, 0.3) is 0 Å². The van der Waals surface area contributed by atoms with Gasteiger partial charge in [-0.15, -0.1) is 0 Å². The lowest BCUT2D eigenvalue weighted by molar-refractivity contribution is -0.133. The van der Waals surface area contributed by atoms with Gasteiger partial charge in [-0.1, -0.05) is 6.07 Å². The third-order valence-corrected chi connectivity index (χ3v) is 5.64. The van der Waals surface area contributed by atoms with E-state index in [1.54, 1.807) is 7.11 Å². The maximum atomic E-state index is 11.9. The van der Waals surface area contributed by atoms with Crippen LogP contribution in [0.5, 0.6) is 11.5 Å². The van der Waals surface area contributed by atoms with E-state index >= 15 is 0 Å². The summed E-state index contributed by atoms with van der Waals surface area (Å²) in [5, 5.41) is 13.7. The summed E-state index contributed by atoms with van der Waals surface area (Å²) in [6.45, 7) is 6.11. The van der Waals surface area contributed by atoms with Crippen LogP contribution in [0.25, 0.3) is 0 Å². The predicted molar refractivity (Wildman–Crippen MR) is 112 cm³/mol. The Bertz CT molecular complexity index is 649. The van der Waals surface area contributed by atoms with Gasteiger partial charge in [0.2, 0.25) is 5.91 Å². The molecule has 0 saturated carbocycles. The second-order valence-electron chi connectivity index (χ2n) is 7.97. The third kappa shape index (κ3) is 6.87. The van der Waals surface area contributed by atoms with Crippen molar-refractivity contribution in [3.63, 3.8) is 0 Å². The summed E-state index contributed by atoms with van der Waals surface area (Å²) in [4.78, 5) is 16.1. The molecule has 0 aromatic heterocycles. The highest BCUT2D eigenvalue weighted by Crippen LogP contribution is 2.28. The number of carbonyl (C=O) groups is 1. The van der Waals surface area contributed by atoms with Crippen molar-refractivity contribution >= 4 is 5.91 Å². The number of amides is 1. The Kier molecular flexibility index (Phi) is 8.58. The zero-order chi connectivity index (χ0) is 20.5. The zero-order valence-electron chi connectivity index (χ0n) is 17.6. The number of β-amino-alcohol motifs (C(OH)–C–C–N with tert-alkyl or cyclic N) is 1. The van der Waals surface area contributed by atoms with E-state index in [1.165, 1.54) is 12.8 Å². The first-order valence-electron chi connectivity index (χ1n) is 10.8. The van der Waals surface area contributed by atoms with Crippen LogP contribution < -0.4 is 14.8 Å². The second-order valence-corrected chi connectivity index (χ2v) is 7.97. The van der Waals surface area contributed by atoms with Gasteiger partial charge in [-0.05, 0) is 56.5 Å². The summed E-state index contributed by atoms with van der Waals surface area (Å²) < 4.78 is 11.3. The number of ether oxygens (including phenoxy) is 2. The van der Waals surface area contributed by atoms with Crippen molar-refractivity contribution in [2.45, 2.75) is 44.8 Å². The molecule has 7 heteroatoms. The van der Waals surface area contributed by atoms with Crippen molar-refractivity contribution in [2.75, 3.05) is 53.0 Å². The van der Waals surface area contributed by atoms with Crippen LogP contribution in [0.2, 0.25) is 0 Å². The Morgan fingerprint density at radius 3 is 2.69 bits per heavy atom. The lowest BCUT2D eigenvalue weighted by Gasteiger charge is -2.26. The quantitative estimate of drug-likeness (QED) is 0.545. The van der Waals surface area contributed by atoms with Crippen molar-refractivity contribution in [2.24, 2.45) is 0 Å². The Labute approximate surface area is 174 Å². The van der Waals surface area contributed by atoms with Crippen molar-refractivity contribution in [3.05, 3.63) is 23.8 Å². The van der Waals surface area contributed by atoms with Gasteiger partial charge in [-0.2, -0.15) is 0 Å². The number of aliphatic hydroxyl groups excluding tert-OH is 1. The van der Waals surface area contributed by atoms with Gasteiger partial charge in [-0.25, -0.2) is 0 Å². The Hall–Kier alpha value is -1.83. The van der Waals surface area contributed by atoms with E-state index in [0.717, 1.165) is 51.1 Å². The minimum atomic E-state index is -0.512. The first kappa shape index (κ1) is 21.9. The number of rotatable bonds is 11. The predicted octanol–water partition coefficient (Wildman–Crippen LogP) is 1.63. The monoisotopic (exact) mass is 405 g/mol. The van der Waals surface area contributed by atoms with Crippen LogP contribution in [-0.2, 0) is 11.3 Å². The number of methoxy groups -OCH3 is 1. The van der Waals surface area contributed by atoms with Gasteiger partial charge >= 0.3 is 0 Å². The number of hydrogen-bond acceptors (Lipinski definition) is 6. The number of nitrogens with zero attached hydrogens (tertiary/aromatic N) is 2. The van der Waals surface area contributed by atoms with Gasteiger partial charge in [0.1, 0.15) is 12.7 Å². The molecule has 2 aliphatic heterocycles. The SMILES string of the molecule is COc1ccc(CNCCN2CCCCC2=O)cc1OCC(O)CN1CCCC1. The summed E-state index contributed by atoms with van der Waals surface area (Å²) in [5.74, 6) is 1.59. The van der Waals surface area contributed by atoms with E-state index in [9.17, 15) is 9.90 Å². The molecule has 2 N–H and O–H groups in total. The standard InChI is InChI=1S/C22H35N3O4/c1-28-20-8-7-18(15-23-9-13-25-12-3-2-6-22(25)27)14-21(20)29-17-19(26)16-24-10-4-5-11-24/h7-8,14,19,23,26H,2-6,9-13,15-17H2,1H3. The Balaban J connectivity index is 1.44. The third-order valence-electron chi connectivity index (χ3n) is 5.64. The highest BCUT2D eigenvalue weighted by Gasteiger charge is 2.18. The van der Waals surface area contributed by atoms with Crippen LogP contribution in [0.15, 0.2) is 18.2 Å². The molecule has 1 unspecified atom stereocenters. The van der Waals surface area contributed by atoms with Crippen molar-refractivity contribution in [3.8, 4) is 11.5 Å². The molecule has 162 valence electrons. The molecule has 2 fully saturated rings. The molecule has 1 amide bonds. The molecular formula is C22H35N3O4. The van der Waals surface area contributed by atoms with Gasteiger partial charge < -0.3 is 29.7 Å². The first-order chi connectivity index (χ1) is 14.2. The summed E-state index contributed by atoms with van der Waals surface area (Å²) >= 11 is 0. The molecular weight excluding hydrogens is 370 g/mol. The first-order valence-corrected chi connectivity index (χ1v) is 10.8. The lowest BCUT2D eigenvalue weighted by Crippen LogP contribution is -2.39. The topological polar surface area (TPSA) is 74.3 Å². The lowest BCUT2D eigenvalue weighted by atomic mass is 10.1. The van der Waals surface area contributed by atoms with E-state index in [1.807, 2.05) is 23.1 Å². The molecule has 1 aromatic carbocycles. The molecule has 2 aliphatic rings. The van der Waals surface area contributed by atoms with Crippen LogP contribution in [0.1, 0.15) is 37.7 Å². The van der Waals surface area contributed by atoms with Gasteiger partial charge in [0, 0.05) is 39.1 Å². The summed E-state index contributed by atoms with van der Waals surface area (Å²) in [6, 6.07) is 5.86. The average Bonchev–Trinajstić information content (AvgIpc) is 3.24. The average molecular weight is 406 g/mol. The largest absolute Gasteiger partial charge is 0.493 e. The molecule has 1 atom stereocenters. The molecule has 1 aromatic rings. The molecule has 2 saturated heterocycles. The normalized spacial score (nSPS) is 18.8. The van der Waals surface area contributed by atoms with Crippen molar-refractivity contribution < 1.29 is 19.4 Å². The van der Waals surface area contributed by atoms with E-state index in [0.29, 0.717) is 31.0 Å². The number of carbonyl (C=O) groups excluding carboxylic acids is 1. The fourth-order valence-corrected chi connectivity index (χ4v) is 3.99. The number of benzene rings is 1. The number of nitrogens with one attached hydrogen (secondary N) is 1. The molecule has 2 heterocycles. The molecule has 0 spiro atoms. The number of aliphatic hydroxyl groups is 1. The van der Waals surface area contributed by atoms with E-state index in [4.69, 9.17) is 9.47 Å². The van der Waals surface area contributed by atoms with Gasteiger partial charge in [0.15, 0.2) is 11.5 Å². The highest BCUT2D eigenvalue weighted by molar-refractivity contribution is 5.76. The van der Waals surface area contributed by atoms with E-state index in [2.05, 4.69) is 10.2 Å². The van der Waals surface area contributed by atoms with E-state index in [-0.39, 0.29) is 12.5 Å². The second kappa shape index (κ2) is 11.4. The molecule has 0 bridgehead atoms. The van der Waals surface area contributed by atoms with E-state index < -0.39 is 6.10 Å². The summed E-state index contributed by atoms with van der Waals surface area (Å²) in [5.41, 5.74) is 1.08. The fraction of sp³-hybridized carbons (Fsp3) is 0.682. The smallest absolute Gasteiger partial charge is 0.222 e.